The van der Waals surface area contributed by atoms with Crippen molar-refractivity contribution >= 4 is 32.9 Å². The smallest absolute Gasteiger partial charge is 0.169 e. The molecule has 0 aliphatic carbocycles. The third-order valence-electron chi connectivity index (χ3n) is 8.94. The van der Waals surface area contributed by atoms with Crippen molar-refractivity contribution < 1.29 is 23.7 Å². The van der Waals surface area contributed by atoms with Gasteiger partial charge in [-0.1, -0.05) is 109 Å². The Kier molecular flexibility index (Phi) is 9.91. The van der Waals surface area contributed by atoms with Crippen LogP contribution in [0.1, 0.15) is 18.4 Å². The fourth-order valence-electron chi connectivity index (χ4n) is 6.44. The van der Waals surface area contributed by atoms with Gasteiger partial charge in [-0.15, -0.1) is 10.2 Å². The summed E-state index contributed by atoms with van der Waals surface area (Å²) in [4.78, 5) is 0. The van der Waals surface area contributed by atoms with Crippen molar-refractivity contribution in [1.82, 2.24) is 0 Å². The van der Waals surface area contributed by atoms with Crippen LogP contribution in [0.2, 0.25) is 0 Å². The predicted octanol–water partition coefficient (Wildman–Crippen LogP) is 11.7. The average Bonchev–Trinajstić information content (AvgIpc) is 3.19. The Morgan fingerprint density at radius 2 is 1.00 bits per heavy atom. The third-order valence-corrected chi connectivity index (χ3v) is 8.94. The normalized spacial score (nSPS) is 13.5. The molecule has 7 aromatic rings. The van der Waals surface area contributed by atoms with Gasteiger partial charge in [0.15, 0.2) is 11.5 Å². The molecule has 7 aromatic carbocycles. The van der Waals surface area contributed by atoms with Crippen LogP contribution >= 0.6 is 0 Å². The summed E-state index contributed by atoms with van der Waals surface area (Å²) in [5.41, 5.74) is 4.24. The van der Waals surface area contributed by atoms with E-state index in [1.807, 2.05) is 66.7 Å². The van der Waals surface area contributed by atoms with Crippen LogP contribution in [0.3, 0.4) is 0 Å². The number of benzene rings is 7. The van der Waals surface area contributed by atoms with E-state index in [2.05, 4.69) is 89.1 Å². The molecule has 1 aliphatic rings. The van der Waals surface area contributed by atoms with Crippen molar-refractivity contribution in [2.24, 2.45) is 10.2 Å². The number of nitrogens with zero attached hydrogens (tertiary/aromatic N) is 2. The molecule has 0 amide bonds. The number of rotatable bonds is 3. The number of para-hydroxylation sites is 2. The fourth-order valence-corrected chi connectivity index (χ4v) is 6.44. The average molecular weight is 687 g/mol. The second-order valence-corrected chi connectivity index (χ2v) is 12.5. The molecule has 0 unspecified atom stereocenters. The maximum atomic E-state index is 6.81. The zero-order valence-corrected chi connectivity index (χ0v) is 28.7. The molecule has 52 heavy (non-hydrogen) atoms. The standard InChI is InChI=1S/C45H38N2O5/c1-2-14-32(15-3-1)31-52-42-30-34-17-5-7-19-36(34)44-43-35-18-6-4-16-33(35)24-25-41(43)50-28-12-26-48-39-22-10-8-20-37(39)46-47-38-21-9-11-23-40(38)49-27-13-29-51-45(42)44/h1-11,14-25,30H,12-13,26-29,31H2. The minimum Gasteiger partial charge on any atom is -0.493 e. The molecule has 0 spiro atoms. The van der Waals surface area contributed by atoms with E-state index >= 15 is 0 Å². The molecular formula is C45H38N2O5. The highest BCUT2D eigenvalue weighted by Crippen LogP contribution is 2.50. The summed E-state index contributed by atoms with van der Waals surface area (Å²) in [5, 5.41) is 13.3. The molecule has 0 aromatic heterocycles. The quantitative estimate of drug-likeness (QED) is 0.185. The molecule has 0 saturated carbocycles. The van der Waals surface area contributed by atoms with Gasteiger partial charge >= 0.3 is 0 Å². The van der Waals surface area contributed by atoms with Crippen molar-refractivity contribution in [3.05, 3.63) is 151 Å². The summed E-state index contributed by atoms with van der Waals surface area (Å²) in [6, 6.07) is 48.5. The van der Waals surface area contributed by atoms with E-state index in [1.54, 1.807) is 0 Å². The highest BCUT2D eigenvalue weighted by molar-refractivity contribution is 6.10. The Hall–Kier alpha value is -6.34. The number of ether oxygens (including phenoxy) is 5. The van der Waals surface area contributed by atoms with E-state index in [0.29, 0.717) is 80.2 Å². The summed E-state index contributed by atoms with van der Waals surface area (Å²) >= 11 is 0. The van der Waals surface area contributed by atoms with E-state index in [0.717, 1.165) is 44.0 Å². The van der Waals surface area contributed by atoms with Crippen molar-refractivity contribution in [2.75, 3.05) is 26.4 Å². The van der Waals surface area contributed by atoms with Crippen molar-refractivity contribution in [2.45, 2.75) is 19.4 Å². The van der Waals surface area contributed by atoms with Gasteiger partial charge in [0.2, 0.25) is 0 Å². The largest absolute Gasteiger partial charge is 0.493 e. The number of hydrogen-bond donors (Lipinski definition) is 0. The van der Waals surface area contributed by atoms with Gasteiger partial charge in [0.05, 0.1) is 26.4 Å². The second kappa shape index (κ2) is 15.7. The second-order valence-electron chi connectivity index (χ2n) is 12.5. The van der Waals surface area contributed by atoms with Crippen LogP contribution in [0.4, 0.5) is 11.4 Å². The Bertz CT molecular complexity index is 2340. The zero-order valence-electron chi connectivity index (χ0n) is 28.7. The monoisotopic (exact) mass is 686 g/mol. The van der Waals surface area contributed by atoms with Crippen molar-refractivity contribution in [3.63, 3.8) is 0 Å². The maximum Gasteiger partial charge on any atom is 0.169 e. The minimum absolute atomic E-state index is 0.391. The highest BCUT2D eigenvalue weighted by atomic mass is 16.5. The van der Waals surface area contributed by atoms with Gasteiger partial charge in [0.1, 0.15) is 35.2 Å². The lowest BCUT2D eigenvalue weighted by atomic mass is 9.91. The van der Waals surface area contributed by atoms with E-state index < -0.39 is 0 Å². The summed E-state index contributed by atoms with van der Waals surface area (Å²) in [6.45, 7) is 2.08. The lowest BCUT2D eigenvalue weighted by molar-refractivity contribution is 0.232. The van der Waals surface area contributed by atoms with Crippen molar-refractivity contribution in [3.8, 4) is 39.9 Å². The van der Waals surface area contributed by atoms with Crippen LogP contribution < -0.4 is 23.7 Å². The summed E-state index contributed by atoms with van der Waals surface area (Å²) < 4.78 is 32.5. The van der Waals surface area contributed by atoms with Gasteiger partial charge in [-0.05, 0) is 63.5 Å². The van der Waals surface area contributed by atoms with Crippen LogP contribution in [-0.4, -0.2) is 26.4 Å². The summed E-state index contributed by atoms with van der Waals surface area (Å²) in [7, 11) is 0. The van der Waals surface area contributed by atoms with Gasteiger partial charge in [-0.2, -0.15) is 0 Å². The molecule has 7 heteroatoms. The zero-order chi connectivity index (χ0) is 35.0. The van der Waals surface area contributed by atoms with E-state index in [1.165, 1.54) is 0 Å². The fraction of sp³-hybridized carbons (Fsp3) is 0.156. The maximum absolute atomic E-state index is 6.81. The molecule has 0 bridgehead atoms. The van der Waals surface area contributed by atoms with Crippen LogP contribution in [0, 0.1) is 0 Å². The molecule has 1 aliphatic heterocycles. The molecule has 0 N–H and O–H groups in total. The first-order valence-corrected chi connectivity index (χ1v) is 17.7. The van der Waals surface area contributed by atoms with Gasteiger partial charge in [-0.3, -0.25) is 0 Å². The van der Waals surface area contributed by atoms with Crippen LogP contribution in [0.15, 0.2) is 156 Å². The molecular weight excluding hydrogens is 649 g/mol. The first-order chi connectivity index (χ1) is 25.8. The Morgan fingerprint density at radius 1 is 0.462 bits per heavy atom. The number of azo groups is 1. The third kappa shape index (κ3) is 7.25. The van der Waals surface area contributed by atoms with Gasteiger partial charge in [0.25, 0.3) is 0 Å². The molecule has 258 valence electrons. The topological polar surface area (TPSA) is 70.9 Å². The first kappa shape index (κ1) is 32.8. The molecule has 0 fully saturated rings. The van der Waals surface area contributed by atoms with E-state index in [4.69, 9.17) is 23.7 Å². The lowest BCUT2D eigenvalue weighted by Gasteiger charge is -2.22. The van der Waals surface area contributed by atoms with Gasteiger partial charge in [-0.25, -0.2) is 0 Å². The van der Waals surface area contributed by atoms with Gasteiger partial charge < -0.3 is 23.7 Å². The van der Waals surface area contributed by atoms with Crippen molar-refractivity contribution in [1.29, 1.82) is 0 Å². The molecule has 0 atom stereocenters. The molecule has 8 rings (SSSR count). The Labute approximate surface area is 303 Å². The van der Waals surface area contributed by atoms with Crippen LogP contribution in [0.25, 0.3) is 32.7 Å². The minimum atomic E-state index is 0.391. The van der Waals surface area contributed by atoms with E-state index in [-0.39, 0.29) is 0 Å². The Morgan fingerprint density at radius 3 is 1.69 bits per heavy atom. The number of fused-ring (bicyclic) bond motifs is 9. The number of hydrogen-bond acceptors (Lipinski definition) is 7. The van der Waals surface area contributed by atoms with Crippen LogP contribution in [0.5, 0.6) is 28.7 Å². The lowest BCUT2D eigenvalue weighted by Crippen LogP contribution is -2.09. The molecule has 0 saturated heterocycles. The van der Waals surface area contributed by atoms with Crippen LogP contribution in [-0.2, 0) is 6.61 Å². The molecule has 7 nitrogen and oxygen atoms in total. The molecule has 1 heterocycles. The Balaban J connectivity index is 1.23. The van der Waals surface area contributed by atoms with Gasteiger partial charge in [0, 0.05) is 24.0 Å². The first-order valence-electron chi connectivity index (χ1n) is 17.7. The molecule has 0 radical (unpaired) electrons. The predicted molar refractivity (Wildman–Crippen MR) is 206 cm³/mol. The highest BCUT2D eigenvalue weighted by Gasteiger charge is 2.23. The van der Waals surface area contributed by atoms with E-state index in [9.17, 15) is 0 Å². The summed E-state index contributed by atoms with van der Waals surface area (Å²) in [6.07, 6.45) is 1.27. The SMILES string of the molecule is c1ccc(COc2cc3ccccc3c3c2OCCCOc2ccccc2N=Nc2ccccc2OCCCOc2ccc4ccccc4c2-3)cc1. The summed E-state index contributed by atoms with van der Waals surface area (Å²) in [5.74, 6) is 3.40.